The minimum absolute atomic E-state index is 0.237. The zero-order chi connectivity index (χ0) is 10.2. The zero-order valence-corrected chi connectivity index (χ0v) is 7.90. The molecule has 0 radical (unpaired) electrons. The Labute approximate surface area is 83.4 Å². The number of rotatable bonds is 4. The van der Waals surface area contributed by atoms with Gasteiger partial charge in [-0.1, -0.05) is 43.0 Å². The quantitative estimate of drug-likeness (QED) is 0.740. The van der Waals surface area contributed by atoms with E-state index in [-0.39, 0.29) is 6.61 Å². The molecule has 0 saturated heterocycles. The third kappa shape index (κ3) is 3.76. The van der Waals surface area contributed by atoms with Gasteiger partial charge in [-0.3, -0.25) is 0 Å². The summed E-state index contributed by atoms with van der Waals surface area (Å²) in [5.41, 5.74) is 1.04. The van der Waals surface area contributed by atoms with Crippen molar-refractivity contribution in [3.05, 3.63) is 48.6 Å². The van der Waals surface area contributed by atoms with Gasteiger partial charge in [0.05, 0.1) is 0 Å². The van der Waals surface area contributed by atoms with Crippen molar-refractivity contribution in [3.8, 4) is 0 Å². The van der Waals surface area contributed by atoms with E-state index in [9.17, 15) is 4.79 Å². The Morgan fingerprint density at radius 2 is 2.14 bits per heavy atom. The molecule has 0 atom stereocenters. The highest BCUT2D eigenvalue weighted by atomic mass is 16.5. The average Bonchev–Trinajstić information content (AvgIpc) is 2.25. The van der Waals surface area contributed by atoms with Gasteiger partial charge in [0.15, 0.2) is 0 Å². The summed E-state index contributed by atoms with van der Waals surface area (Å²) < 4.78 is 4.74. The average molecular weight is 191 g/mol. The van der Waals surface area contributed by atoms with Crippen molar-refractivity contribution in [2.45, 2.75) is 6.54 Å². The second kappa shape index (κ2) is 5.80. The molecule has 1 aromatic rings. The van der Waals surface area contributed by atoms with Gasteiger partial charge in [-0.05, 0) is 5.56 Å². The summed E-state index contributed by atoms with van der Waals surface area (Å²) in [4.78, 5) is 11.0. The molecule has 14 heavy (non-hydrogen) atoms. The Kier molecular flexibility index (Phi) is 4.27. The van der Waals surface area contributed by atoms with E-state index in [4.69, 9.17) is 4.74 Å². The van der Waals surface area contributed by atoms with Crippen LogP contribution in [0.15, 0.2) is 43.0 Å². The third-order valence-electron chi connectivity index (χ3n) is 1.61. The van der Waals surface area contributed by atoms with Crippen molar-refractivity contribution < 1.29 is 9.53 Å². The van der Waals surface area contributed by atoms with Crippen molar-refractivity contribution in [2.24, 2.45) is 0 Å². The lowest BCUT2D eigenvalue weighted by atomic mass is 10.2. The van der Waals surface area contributed by atoms with Crippen molar-refractivity contribution in [1.29, 1.82) is 0 Å². The highest BCUT2D eigenvalue weighted by molar-refractivity contribution is 5.67. The van der Waals surface area contributed by atoms with E-state index >= 15 is 0 Å². The van der Waals surface area contributed by atoms with Crippen LogP contribution in [0.4, 0.5) is 4.79 Å². The summed E-state index contributed by atoms with van der Waals surface area (Å²) in [6.07, 6.45) is 1.11. The predicted molar refractivity (Wildman–Crippen MR) is 54.8 cm³/mol. The molecule has 0 saturated carbocycles. The summed E-state index contributed by atoms with van der Waals surface area (Å²) in [6, 6.07) is 9.65. The molecule has 74 valence electrons. The lowest BCUT2D eigenvalue weighted by Gasteiger charge is -2.04. The normalized spacial score (nSPS) is 9.14. The summed E-state index contributed by atoms with van der Waals surface area (Å²) in [6.45, 7) is 4.17. The van der Waals surface area contributed by atoms with Gasteiger partial charge < -0.3 is 10.1 Å². The Balaban J connectivity index is 2.27. The molecule has 1 rings (SSSR count). The Hall–Kier alpha value is -1.77. The van der Waals surface area contributed by atoms with Gasteiger partial charge >= 0.3 is 6.09 Å². The molecular weight excluding hydrogens is 178 g/mol. The van der Waals surface area contributed by atoms with E-state index < -0.39 is 6.09 Å². The van der Waals surface area contributed by atoms with Crippen LogP contribution in [-0.4, -0.2) is 12.7 Å². The molecule has 0 spiro atoms. The van der Waals surface area contributed by atoms with Gasteiger partial charge in [-0.25, -0.2) is 4.79 Å². The van der Waals surface area contributed by atoms with Crippen LogP contribution in [0.5, 0.6) is 0 Å². The van der Waals surface area contributed by atoms with E-state index in [0.717, 1.165) is 5.56 Å². The van der Waals surface area contributed by atoms with E-state index in [1.807, 2.05) is 30.3 Å². The van der Waals surface area contributed by atoms with Crippen LogP contribution in [0, 0.1) is 0 Å². The summed E-state index contributed by atoms with van der Waals surface area (Å²) in [5.74, 6) is 0. The summed E-state index contributed by atoms with van der Waals surface area (Å²) in [7, 11) is 0. The van der Waals surface area contributed by atoms with Crippen LogP contribution >= 0.6 is 0 Å². The van der Waals surface area contributed by atoms with Crippen LogP contribution in [0.1, 0.15) is 5.56 Å². The van der Waals surface area contributed by atoms with Crippen molar-refractivity contribution >= 4 is 6.09 Å². The maximum Gasteiger partial charge on any atom is 0.407 e. The van der Waals surface area contributed by atoms with Crippen molar-refractivity contribution in [1.82, 2.24) is 5.32 Å². The molecule has 0 bridgehead atoms. The molecule has 0 aliphatic heterocycles. The van der Waals surface area contributed by atoms with E-state index in [1.54, 1.807) is 0 Å². The fourth-order valence-corrected chi connectivity index (χ4v) is 0.956. The van der Waals surface area contributed by atoms with E-state index in [1.165, 1.54) is 6.08 Å². The predicted octanol–water partition coefficient (Wildman–Crippen LogP) is 2.10. The number of ether oxygens (including phenoxy) is 1. The molecule has 0 aliphatic carbocycles. The molecule has 3 heteroatoms. The molecule has 0 aromatic heterocycles. The molecule has 3 nitrogen and oxygen atoms in total. The van der Waals surface area contributed by atoms with Crippen molar-refractivity contribution in [2.75, 3.05) is 6.61 Å². The number of alkyl carbamates (subject to hydrolysis) is 1. The third-order valence-corrected chi connectivity index (χ3v) is 1.61. The van der Waals surface area contributed by atoms with Crippen LogP contribution in [0.25, 0.3) is 0 Å². The van der Waals surface area contributed by atoms with Crippen molar-refractivity contribution in [3.63, 3.8) is 0 Å². The van der Waals surface area contributed by atoms with Crippen LogP contribution in [-0.2, 0) is 11.3 Å². The largest absolute Gasteiger partial charge is 0.445 e. The van der Waals surface area contributed by atoms with E-state index in [2.05, 4.69) is 11.9 Å². The number of hydrogen-bond donors (Lipinski definition) is 1. The lowest BCUT2D eigenvalue weighted by molar-refractivity contribution is 0.158. The fraction of sp³-hybridized carbons (Fsp3) is 0.182. The molecule has 0 fully saturated rings. The number of carbonyl (C=O) groups excluding carboxylic acids is 1. The highest BCUT2D eigenvalue weighted by Crippen LogP contribution is 1.97. The minimum Gasteiger partial charge on any atom is -0.445 e. The second-order valence-electron chi connectivity index (χ2n) is 2.73. The lowest BCUT2D eigenvalue weighted by Crippen LogP contribution is -2.23. The fourth-order valence-electron chi connectivity index (χ4n) is 0.956. The first-order chi connectivity index (χ1) is 6.83. The number of amides is 1. The minimum atomic E-state index is -0.422. The number of hydrogen-bond acceptors (Lipinski definition) is 2. The maximum absolute atomic E-state index is 11.0. The van der Waals surface area contributed by atoms with Gasteiger partial charge in [0.25, 0.3) is 0 Å². The molecule has 1 amide bonds. The molecule has 1 aromatic carbocycles. The van der Waals surface area contributed by atoms with Gasteiger partial charge in [-0.15, -0.1) is 0 Å². The number of carbonyl (C=O) groups is 1. The molecule has 0 unspecified atom stereocenters. The SMILES string of the molecule is C=CCOC(=O)NCc1ccccc1. The molecule has 0 aliphatic rings. The zero-order valence-electron chi connectivity index (χ0n) is 7.90. The van der Waals surface area contributed by atoms with Gasteiger partial charge in [-0.2, -0.15) is 0 Å². The number of nitrogens with one attached hydrogen (secondary N) is 1. The maximum atomic E-state index is 11.0. The van der Waals surface area contributed by atoms with Gasteiger partial charge in [0.1, 0.15) is 6.61 Å². The van der Waals surface area contributed by atoms with Crippen LogP contribution in [0.2, 0.25) is 0 Å². The standard InChI is InChI=1S/C11H13NO2/c1-2-8-14-11(13)12-9-10-6-4-3-5-7-10/h2-7H,1,8-9H2,(H,12,13). The smallest absolute Gasteiger partial charge is 0.407 e. The van der Waals surface area contributed by atoms with Gasteiger partial charge in [0.2, 0.25) is 0 Å². The molecule has 0 heterocycles. The first-order valence-electron chi connectivity index (χ1n) is 4.38. The summed E-state index contributed by atoms with van der Waals surface area (Å²) in [5, 5.41) is 2.62. The first-order valence-corrected chi connectivity index (χ1v) is 4.38. The molecule has 1 N–H and O–H groups in total. The molecular formula is C11H13NO2. The van der Waals surface area contributed by atoms with E-state index in [0.29, 0.717) is 6.54 Å². The summed E-state index contributed by atoms with van der Waals surface area (Å²) >= 11 is 0. The van der Waals surface area contributed by atoms with Gasteiger partial charge in [0, 0.05) is 6.54 Å². The topological polar surface area (TPSA) is 38.3 Å². The second-order valence-corrected chi connectivity index (χ2v) is 2.73. The van der Waals surface area contributed by atoms with Crippen LogP contribution < -0.4 is 5.32 Å². The monoisotopic (exact) mass is 191 g/mol. The highest BCUT2D eigenvalue weighted by Gasteiger charge is 1.98. The number of benzene rings is 1. The first kappa shape index (κ1) is 10.3. The Bertz CT molecular complexity index is 295. The Morgan fingerprint density at radius 1 is 1.43 bits per heavy atom. The Morgan fingerprint density at radius 3 is 2.79 bits per heavy atom. The van der Waals surface area contributed by atoms with Crippen LogP contribution in [0.3, 0.4) is 0 Å².